The van der Waals surface area contributed by atoms with E-state index in [1.807, 2.05) is 0 Å². The van der Waals surface area contributed by atoms with Crippen LogP contribution in [-0.2, 0) is 28.6 Å². The van der Waals surface area contributed by atoms with Crippen molar-refractivity contribution in [1.82, 2.24) is 0 Å². The molecular formula is C52H100O6. The summed E-state index contributed by atoms with van der Waals surface area (Å²) in [6.07, 6.45) is 51.1. The molecule has 6 nitrogen and oxygen atoms in total. The molecule has 0 saturated carbocycles. The number of hydrogen-bond acceptors (Lipinski definition) is 6. The predicted octanol–water partition coefficient (Wildman–Crippen LogP) is 16.8. The highest BCUT2D eigenvalue weighted by Crippen LogP contribution is 2.17. The average Bonchev–Trinajstić information content (AvgIpc) is 3.22. The third-order valence-corrected chi connectivity index (χ3v) is 11.9. The summed E-state index contributed by atoms with van der Waals surface area (Å²) in [5.41, 5.74) is 0. The summed E-state index contributed by atoms with van der Waals surface area (Å²) < 4.78 is 16.7. The summed E-state index contributed by atoms with van der Waals surface area (Å²) >= 11 is 0. The van der Waals surface area contributed by atoms with E-state index in [0.29, 0.717) is 19.3 Å². The van der Waals surface area contributed by atoms with E-state index in [1.54, 1.807) is 0 Å². The lowest BCUT2D eigenvalue weighted by Crippen LogP contribution is -2.30. The van der Waals surface area contributed by atoms with Crippen LogP contribution in [0.4, 0.5) is 0 Å². The molecule has 0 bridgehead atoms. The Balaban J connectivity index is 4.09. The summed E-state index contributed by atoms with van der Waals surface area (Å²) in [6.45, 7) is 6.64. The Morgan fingerprint density at radius 2 is 0.466 bits per heavy atom. The van der Waals surface area contributed by atoms with Crippen molar-refractivity contribution in [3.8, 4) is 0 Å². The molecule has 1 unspecified atom stereocenters. The number of unbranched alkanes of at least 4 members (excludes halogenated alkanes) is 37. The number of carbonyl (C=O) groups excluding carboxylic acids is 3. The molecule has 0 N–H and O–H groups in total. The highest BCUT2D eigenvalue weighted by molar-refractivity contribution is 5.71. The molecule has 0 aliphatic heterocycles. The summed E-state index contributed by atoms with van der Waals surface area (Å²) in [5.74, 6) is -0.850. The van der Waals surface area contributed by atoms with Crippen molar-refractivity contribution < 1.29 is 28.6 Å². The van der Waals surface area contributed by atoms with Gasteiger partial charge in [-0.25, -0.2) is 0 Å². The minimum Gasteiger partial charge on any atom is -0.462 e. The zero-order valence-electron chi connectivity index (χ0n) is 39.3. The number of hydrogen-bond donors (Lipinski definition) is 0. The molecule has 0 aromatic rings. The van der Waals surface area contributed by atoms with Crippen molar-refractivity contribution in [3.63, 3.8) is 0 Å². The molecule has 0 spiro atoms. The Labute approximate surface area is 361 Å². The third-order valence-electron chi connectivity index (χ3n) is 11.9. The summed E-state index contributed by atoms with van der Waals surface area (Å²) in [6, 6.07) is 0. The van der Waals surface area contributed by atoms with Gasteiger partial charge in [0.2, 0.25) is 0 Å². The molecule has 0 amide bonds. The van der Waals surface area contributed by atoms with E-state index in [1.165, 1.54) is 199 Å². The fraction of sp³-hybridized carbons (Fsp3) is 0.942. The first-order valence-electron chi connectivity index (χ1n) is 26.0. The minimum atomic E-state index is -0.758. The third kappa shape index (κ3) is 45.5. The second kappa shape index (κ2) is 48.1. The van der Waals surface area contributed by atoms with Gasteiger partial charge in [0.15, 0.2) is 6.10 Å². The van der Waals surface area contributed by atoms with Crippen molar-refractivity contribution in [2.24, 2.45) is 0 Å². The van der Waals surface area contributed by atoms with Crippen LogP contribution in [0.3, 0.4) is 0 Å². The Morgan fingerprint density at radius 3 is 0.690 bits per heavy atom. The molecule has 0 saturated heterocycles. The Bertz CT molecular complexity index is 859. The van der Waals surface area contributed by atoms with E-state index in [2.05, 4.69) is 20.8 Å². The molecule has 344 valence electrons. The van der Waals surface area contributed by atoms with Gasteiger partial charge >= 0.3 is 17.9 Å². The maximum Gasteiger partial charge on any atom is 0.306 e. The first kappa shape index (κ1) is 56.4. The zero-order chi connectivity index (χ0) is 42.3. The standard InChI is InChI=1S/C52H100O6/c1-4-7-10-13-16-19-20-21-22-23-24-25-26-27-28-29-30-31-34-36-39-42-45-51(54)57-48-49(58-52(55)46-43-40-37-33-18-15-12-9-6-3)47-56-50(53)44-41-38-35-32-17-14-11-8-5-2/h49H,4-48H2,1-3H3. The number of ether oxygens (including phenoxy) is 3. The van der Waals surface area contributed by atoms with E-state index in [9.17, 15) is 14.4 Å². The van der Waals surface area contributed by atoms with Crippen LogP contribution in [0, 0.1) is 0 Å². The highest BCUT2D eigenvalue weighted by atomic mass is 16.6. The monoisotopic (exact) mass is 821 g/mol. The van der Waals surface area contributed by atoms with Crippen LogP contribution in [0.15, 0.2) is 0 Å². The van der Waals surface area contributed by atoms with Crippen molar-refractivity contribution in [1.29, 1.82) is 0 Å². The van der Waals surface area contributed by atoms with Crippen LogP contribution < -0.4 is 0 Å². The summed E-state index contributed by atoms with van der Waals surface area (Å²) in [5, 5.41) is 0. The van der Waals surface area contributed by atoms with Gasteiger partial charge in [-0.05, 0) is 19.3 Å². The molecule has 0 aromatic heterocycles. The SMILES string of the molecule is CCCCCCCCCCCCCCCCCCCCCCCCC(=O)OCC(COC(=O)CCCCCCCCCCC)OC(=O)CCCCCCCCCCC. The van der Waals surface area contributed by atoms with Gasteiger partial charge in [0.25, 0.3) is 0 Å². The summed E-state index contributed by atoms with van der Waals surface area (Å²) in [4.78, 5) is 37.7. The van der Waals surface area contributed by atoms with Crippen molar-refractivity contribution in [2.75, 3.05) is 13.2 Å². The van der Waals surface area contributed by atoms with Crippen LogP contribution in [0.5, 0.6) is 0 Å². The van der Waals surface area contributed by atoms with Crippen molar-refractivity contribution >= 4 is 17.9 Å². The van der Waals surface area contributed by atoms with Gasteiger partial charge in [-0.3, -0.25) is 14.4 Å². The largest absolute Gasteiger partial charge is 0.462 e. The van der Waals surface area contributed by atoms with Gasteiger partial charge in [-0.15, -0.1) is 0 Å². The molecule has 0 aliphatic rings. The number of carbonyl (C=O) groups is 3. The molecule has 0 radical (unpaired) electrons. The van der Waals surface area contributed by atoms with Crippen molar-refractivity contribution in [3.05, 3.63) is 0 Å². The normalized spacial score (nSPS) is 11.8. The molecule has 6 heteroatoms. The molecule has 1 atom stereocenters. The minimum absolute atomic E-state index is 0.0625. The summed E-state index contributed by atoms with van der Waals surface area (Å²) in [7, 11) is 0. The van der Waals surface area contributed by atoms with E-state index in [4.69, 9.17) is 14.2 Å². The average molecular weight is 821 g/mol. The van der Waals surface area contributed by atoms with E-state index in [0.717, 1.165) is 57.8 Å². The second-order valence-corrected chi connectivity index (χ2v) is 17.8. The molecule has 0 aromatic carbocycles. The van der Waals surface area contributed by atoms with Gasteiger partial charge in [-0.2, -0.15) is 0 Å². The zero-order valence-corrected chi connectivity index (χ0v) is 39.3. The van der Waals surface area contributed by atoms with Gasteiger partial charge in [0.1, 0.15) is 13.2 Å². The van der Waals surface area contributed by atoms with Crippen LogP contribution >= 0.6 is 0 Å². The van der Waals surface area contributed by atoms with E-state index in [-0.39, 0.29) is 31.1 Å². The van der Waals surface area contributed by atoms with Gasteiger partial charge in [0, 0.05) is 19.3 Å². The molecule has 0 fully saturated rings. The molecule has 0 rings (SSSR count). The fourth-order valence-electron chi connectivity index (χ4n) is 7.92. The Morgan fingerprint density at radius 1 is 0.276 bits per heavy atom. The van der Waals surface area contributed by atoms with E-state index < -0.39 is 6.10 Å². The first-order chi connectivity index (χ1) is 28.5. The van der Waals surface area contributed by atoms with Crippen molar-refractivity contribution in [2.45, 2.75) is 303 Å². The van der Waals surface area contributed by atoms with Crippen LogP contribution in [0.2, 0.25) is 0 Å². The van der Waals surface area contributed by atoms with Gasteiger partial charge in [-0.1, -0.05) is 258 Å². The van der Waals surface area contributed by atoms with E-state index >= 15 is 0 Å². The molecule has 0 aliphatic carbocycles. The lowest BCUT2D eigenvalue weighted by atomic mass is 10.0. The maximum absolute atomic E-state index is 12.7. The lowest BCUT2D eigenvalue weighted by molar-refractivity contribution is -0.167. The maximum atomic E-state index is 12.7. The fourth-order valence-corrected chi connectivity index (χ4v) is 7.92. The quantitative estimate of drug-likeness (QED) is 0.0346. The Hall–Kier alpha value is -1.59. The topological polar surface area (TPSA) is 78.9 Å². The van der Waals surface area contributed by atoms with Crippen LogP contribution in [0.25, 0.3) is 0 Å². The highest BCUT2D eigenvalue weighted by Gasteiger charge is 2.19. The van der Waals surface area contributed by atoms with Crippen LogP contribution in [0.1, 0.15) is 297 Å². The predicted molar refractivity (Wildman–Crippen MR) is 247 cm³/mol. The van der Waals surface area contributed by atoms with Gasteiger partial charge in [0.05, 0.1) is 0 Å². The molecule has 58 heavy (non-hydrogen) atoms. The second-order valence-electron chi connectivity index (χ2n) is 17.8. The smallest absolute Gasteiger partial charge is 0.306 e. The van der Waals surface area contributed by atoms with Crippen LogP contribution in [-0.4, -0.2) is 37.2 Å². The van der Waals surface area contributed by atoms with Gasteiger partial charge < -0.3 is 14.2 Å². The number of rotatable bonds is 48. The first-order valence-corrected chi connectivity index (χ1v) is 26.0. The number of esters is 3. The molecule has 0 heterocycles. The lowest BCUT2D eigenvalue weighted by Gasteiger charge is -2.18. The Kier molecular flexibility index (Phi) is 46.8. The molecular weight excluding hydrogens is 721 g/mol.